The van der Waals surface area contributed by atoms with Gasteiger partial charge in [0.2, 0.25) is 0 Å². The van der Waals surface area contributed by atoms with Crippen molar-refractivity contribution in [3.8, 4) is 0 Å². The lowest BCUT2D eigenvalue weighted by atomic mass is 9.89. The van der Waals surface area contributed by atoms with Crippen LogP contribution in [0.15, 0.2) is 36.7 Å². The normalized spacial score (nSPS) is 26.3. The molecule has 0 spiro atoms. The lowest BCUT2D eigenvalue weighted by Crippen LogP contribution is -2.55. The lowest BCUT2D eigenvalue weighted by molar-refractivity contribution is 0.0260. The highest BCUT2D eigenvalue weighted by molar-refractivity contribution is 5.89. The molecule has 35 heavy (non-hydrogen) atoms. The number of aromatic nitrogens is 3. The predicted molar refractivity (Wildman–Crippen MR) is 140 cm³/mol. The van der Waals surface area contributed by atoms with Crippen molar-refractivity contribution >= 4 is 22.4 Å². The number of likely N-dealkylation sites (tertiary alicyclic amines) is 1. The molecule has 0 saturated carbocycles. The fraction of sp³-hybridized carbons (Fsp3) is 0.556. The molecular formula is C27H37N7O. The van der Waals surface area contributed by atoms with Crippen LogP contribution in [0.4, 0.5) is 11.4 Å². The van der Waals surface area contributed by atoms with Gasteiger partial charge in [0.25, 0.3) is 0 Å². The van der Waals surface area contributed by atoms with E-state index in [9.17, 15) is 5.11 Å². The number of nitrogens with zero attached hydrogens (tertiary/aromatic N) is 6. The molecule has 3 aromatic rings. The zero-order valence-corrected chi connectivity index (χ0v) is 20.8. The van der Waals surface area contributed by atoms with Crippen molar-refractivity contribution in [2.75, 3.05) is 42.5 Å². The number of aliphatic hydroxyl groups excluding tert-OH is 1. The number of pyridine rings is 1. The Bertz CT molecular complexity index is 1200. The van der Waals surface area contributed by atoms with Gasteiger partial charge < -0.3 is 20.6 Å². The molecule has 3 atom stereocenters. The van der Waals surface area contributed by atoms with Gasteiger partial charge in [-0.25, -0.2) is 4.98 Å². The van der Waals surface area contributed by atoms with Crippen molar-refractivity contribution < 1.29 is 5.11 Å². The van der Waals surface area contributed by atoms with Crippen LogP contribution in [-0.4, -0.2) is 75.7 Å². The highest BCUT2D eigenvalue weighted by Crippen LogP contribution is 2.36. The standard InChI is InChI=1S/C27H37N7O/c1-18-15-34(25-5-9-29-27-23(25)14-30-31(27)2)16-19-3-4-21(13-22(18)19)32-10-6-20(7-11-32)33-12-8-24(28)26(35)17-33/h3-5,9,13-14,18,20,24,26,35H,6-8,10-12,15-17,28H2,1-2H3/t18-,24?,26?/m0/s1. The summed E-state index contributed by atoms with van der Waals surface area (Å²) in [4.78, 5) is 12.0. The Kier molecular flexibility index (Phi) is 5.90. The van der Waals surface area contributed by atoms with Gasteiger partial charge in [-0.3, -0.25) is 9.58 Å². The van der Waals surface area contributed by atoms with Crippen molar-refractivity contribution in [3.63, 3.8) is 0 Å². The molecule has 5 heterocycles. The first kappa shape index (κ1) is 22.8. The molecule has 6 rings (SSSR count). The van der Waals surface area contributed by atoms with E-state index in [2.05, 4.69) is 56.0 Å². The van der Waals surface area contributed by atoms with E-state index in [1.807, 2.05) is 24.1 Å². The van der Waals surface area contributed by atoms with E-state index in [4.69, 9.17) is 5.73 Å². The van der Waals surface area contributed by atoms with E-state index < -0.39 is 0 Å². The zero-order valence-electron chi connectivity index (χ0n) is 20.8. The summed E-state index contributed by atoms with van der Waals surface area (Å²) in [5, 5.41) is 15.7. The van der Waals surface area contributed by atoms with Gasteiger partial charge in [-0.1, -0.05) is 13.0 Å². The first-order chi connectivity index (χ1) is 17.0. The summed E-state index contributed by atoms with van der Waals surface area (Å²) in [5.41, 5.74) is 12.4. The summed E-state index contributed by atoms with van der Waals surface area (Å²) in [5.74, 6) is 0.454. The third kappa shape index (κ3) is 4.17. The zero-order chi connectivity index (χ0) is 24.1. The highest BCUT2D eigenvalue weighted by atomic mass is 16.3. The average Bonchev–Trinajstić information content (AvgIpc) is 3.26. The molecule has 8 nitrogen and oxygen atoms in total. The molecule has 0 radical (unpaired) electrons. The number of fused-ring (bicyclic) bond motifs is 2. The van der Waals surface area contributed by atoms with Crippen LogP contribution in [0.25, 0.3) is 11.0 Å². The average molecular weight is 476 g/mol. The minimum atomic E-state index is -0.384. The van der Waals surface area contributed by atoms with Gasteiger partial charge in [0.1, 0.15) is 0 Å². The van der Waals surface area contributed by atoms with E-state index in [-0.39, 0.29) is 12.1 Å². The molecule has 2 saturated heterocycles. The summed E-state index contributed by atoms with van der Waals surface area (Å²) in [6, 6.07) is 9.70. The van der Waals surface area contributed by atoms with Gasteiger partial charge >= 0.3 is 0 Å². The maximum absolute atomic E-state index is 10.2. The first-order valence-corrected chi connectivity index (χ1v) is 13.0. The van der Waals surface area contributed by atoms with Gasteiger partial charge in [-0.05, 0) is 54.5 Å². The Morgan fingerprint density at radius 2 is 1.86 bits per heavy atom. The maximum Gasteiger partial charge on any atom is 0.159 e. The molecule has 1 aromatic carbocycles. The summed E-state index contributed by atoms with van der Waals surface area (Å²) in [6.45, 7) is 8.12. The number of β-amino-alcohol motifs (C(OH)–C–C–N with tert-alkyl or cyclic N) is 1. The van der Waals surface area contributed by atoms with E-state index in [1.165, 1.54) is 22.5 Å². The van der Waals surface area contributed by atoms with Crippen molar-refractivity contribution in [3.05, 3.63) is 47.8 Å². The fourth-order valence-corrected chi connectivity index (χ4v) is 6.37. The van der Waals surface area contributed by atoms with Gasteiger partial charge in [0.05, 0.1) is 23.4 Å². The molecule has 2 unspecified atom stereocenters. The summed E-state index contributed by atoms with van der Waals surface area (Å²) < 4.78 is 1.85. The lowest BCUT2D eigenvalue weighted by Gasteiger charge is -2.43. The van der Waals surface area contributed by atoms with Crippen LogP contribution in [0.2, 0.25) is 0 Å². The molecule has 8 heteroatoms. The van der Waals surface area contributed by atoms with Crippen LogP contribution in [0.3, 0.4) is 0 Å². The topological polar surface area (TPSA) is 86.7 Å². The Balaban J connectivity index is 1.15. The van der Waals surface area contributed by atoms with E-state index in [1.54, 1.807) is 0 Å². The molecule has 0 aliphatic carbocycles. The minimum absolute atomic E-state index is 0.0614. The Labute approximate surface area is 207 Å². The molecule has 2 aromatic heterocycles. The van der Waals surface area contributed by atoms with Crippen LogP contribution in [-0.2, 0) is 13.6 Å². The van der Waals surface area contributed by atoms with Gasteiger partial charge in [-0.15, -0.1) is 0 Å². The molecule has 3 aliphatic rings. The molecular weight excluding hydrogens is 438 g/mol. The molecule has 2 fully saturated rings. The van der Waals surface area contributed by atoms with Crippen LogP contribution in [0, 0.1) is 0 Å². The van der Waals surface area contributed by atoms with E-state index in [0.29, 0.717) is 12.0 Å². The number of hydrogen-bond donors (Lipinski definition) is 2. The first-order valence-electron chi connectivity index (χ1n) is 13.0. The molecule has 3 aliphatic heterocycles. The van der Waals surface area contributed by atoms with Gasteiger partial charge in [0, 0.05) is 70.3 Å². The monoisotopic (exact) mass is 475 g/mol. The smallest absolute Gasteiger partial charge is 0.159 e. The van der Waals surface area contributed by atoms with Gasteiger partial charge in [-0.2, -0.15) is 5.10 Å². The number of nitrogens with two attached hydrogens (primary N) is 1. The quantitative estimate of drug-likeness (QED) is 0.602. The number of aryl methyl sites for hydroxylation is 1. The second-order valence-electron chi connectivity index (χ2n) is 10.7. The van der Waals surface area contributed by atoms with Gasteiger partial charge in [0.15, 0.2) is 5.65 Å². The molecule has 3 N–H and O–H groups in total. The Morgan fingerprint density at radius 3 is 2.66 bits per heavy atom. The van der Waals surface area contributed by atoms with Crippen molar-refractivity contribution in [2.24, 2.45) is 12.8 Å². The van der Waals surface area contributed by atoms with Crippen LogP contribution in [0.1, 0.15) is 43.2 Å². The maximum atomic E-state index is 10.2. The third-order valence-corrected chi connectivity index (χ3v) is 8.48. The number of benzene rings is 1. The highest BCUT2D eigenvalue weighted by Gasteiger charge is 2.32. The van der Waals surface area contributed by atoms with Crippen LogP contribution in [0.5, 0.6) is 0 Å². The molecule has 0 amide bonds. The molecule has 0 bridgehead atoms. The Hall–Kier alpha value is -2.68. The minimum Gasteiger partial charge on any atom is -0.390 e. The number of hydrogen-bond acceptors (Lipinski definition) is 7. The summed E-state index contributed by atoms with van der Waals surface area (Å²) in [7, 11) is 1.95. The third-order valence-electron chi connectivity index (χ3n) is 8.48. The number of anilines is 2. The van der Waals surface area contributed by atoms with E-state index >= 15 is 0 Å². The number of aliphatic hydroxyl groups is 1. The van der Waals surface area contributed by atoms with Crippen LogP contribution < -0.4 is 15.5 Å². The summed E-state index contributed by atoms with van der Waals surface area (Å²) in [6.07, 6.45) is 6.63. The largest absolute Gasteiger partial charge is 0.390 e. The number of piperidine rings is 2. The van der Waals surface area contributed by atoms with E-state index in [0.717, 1.165) is 69.6 Å². The fourth-order valence-electron chi connectivity index (χ4n) is 6.37. The van der Waals surface area contributed by atoms with Crippen molar-refractivity contribution in [2.45, 2.75) is 56.8 Å². The van der Waals surface area contributed by atoms with Crippen molar-refractivity contribution in [1.82, 2.24) is 19.7 Å². The molecule has 186 valence electrons. The SMILES string of the molecule is C[C@H]1CN(c2ccnc3c2cnn3C)Cc2ccc(N3CCC(N4CCC(N)C(O)C4)CC3)cc21. The second kappa shape index (κ2) is 9.08. The Morgan fingerprint density at radius 1 is 1.03 bits per heavy atom. The second-order valence-corrected chi connectivity index (χ2v) is 10.7. The summed E-state index contributed by atoms with van der Waals surface area (Å²) >= 11 is 0. The van der Waals surface area contributed by atoms with Crippen LogP contribution >= 0.6 is 0 Å². The number of rotatable bonds is 3. The van der Waals surface area contributed by atoms with Crippen molar-refractivity contribution in [1.29, 1.82) is 0 Å². The predicted octanol–water partition coefficient (Wildman–Crippen LogP) is 2.45.